The topological polar surface area (TPSA) is 99.5 Å². The van der Waals surface area contributed by atoms with Gasteiger partial charge in [0.2, 0.25) is 0 Å². The van der Waals surface area contributed by atoms with Gasteiger partial charge in [-0.1, -0.05) is 150 Å². The minimum Gasteiger partial charge on any atom is -0.456 e. The second-order valence-electron chi connectivity index (χ2n) is 31.7. The highest BCUT2D eigenvalue weighted by atomic mass is 16.7. The molecule has 0 amide bonds. The predicted molar refractivity (Wildman–Crippen MR) is 454 cm³/mol. The van der Waals surface area contributed by atoms with E-state index in [-0.39, 0.29) is 11.6 Å². The van der Waals surface area contributed by atoms with Gasteiger partial charge in [0.15, 0.2) is 0 Å². The van der Waals surface area contributed by atoms with Crippen LogP contribution in [0.1, 0.15) is 81.7 Å². The van der Waals surface area contributed by atoms with Gasteiger partial charge in [-0.25, -0.2) is 4.79 Å². The molecule has 0 saturated carbocycles. The number of para-hydroxylation sites is 3. The SMILES string of the molecule is CCC(C)C(C)(CCC(C)C)c1ccc2oc3ccc(-c4ccc5oc6cc(-c7ccc8c(c7)c7cc(-c9ccc%10oc%11ccc(-c%12ccc%13oc%14ccc(OC(=O)Oc%15ccc%16c(c%15)CC%15N%16c%16ccccc%16N%15c%15c(C)cc(C)cc%15C)cc%14c%13c%12)cc%11c%10c9)ccc7n8-c7ccccc7)ccc6c5c4)cc3c2c1. The summed E-state index contributed by atoms with van der Waals surface area (Å²) in [7, 11) is 0. The Hall–Kier alpha value is -13.1. The molecule has 2 aliphatic rings. The Labute approximate surface area is 641 Å². The lowest BCUT2D eigenvalue weighted by Gasteiger charge is -2.37. The summed E-state index contributed by atoms with van der Waals surface area (Å²) in [6, 6.07) is 94.7. The standard InChI is InChI=1S/C101H79N3O7/c1-9-61(7)101(8,42-41-57(2)3)71-27-39-95-83(55-71)81-51-67(25-37-93(81)109-95)64-22-34-90-78(48-64)75-30-19-69(53-97(75)111-90)63-21-32-87-77(47-63)76-46-62(20-31-86(76)102(87)72-15-11-10-12-16-72)65-23-35-91-79(49-65)80-50-66(24-36-92(80)108-91)68-26-38-94-82(52-68)84-56-74(29-40-96(84)110-94)107-100(105)106-73-28-33-85-70(45-73)54-98-103(85)88-17-13-14-18-89(88)104(98)99-59(5)43-58(4)44-60(99)6/h10-40,43-53,55-57,61,98H,9,41-42,54H2,1-8H3. The number of aromatic nitrogens is 1. The van der Waals surface area contributed by atoms with Gasteiger partial charge in [-0.05, 0) is 281 Å². The van der Waals surface area contributed by atoms with Crippen LogP contribution >= 0.6 is 0 Å². The summed E-state index contributed by atoms with van der Waals surface area (Å²) in [5.41, 5.74) is 29.5. The van der Waals surface area contributed by atoms with E-state index < -0.39 is 6.16 Å². The van der Waals surface area contributed by atoms with Crippen molar-refractivity contribution in [3.63, 3.8) is 0 Å². The Balaban J connectivity index is 0.561. The number of nitrogens with zero attached hydrogens (tertiary/aromatic N) is 3. The van der Waals surface area contributed by atoms with Crippen molar-refractivity contribution in [1.82, 2.24) is 4.57 Å². The van der Waals surface area contributed by atoms with Gasteiger partial charge in [-0.2, -0.15) is 0 Å². The number of carbonyl (C=O) groups excluding carboxylic acids is 1. The molecule has 10 heteroatoms. The highest BCUT2D eigenvalue weighted by molar-refractivity contribution is 6.15. The van der Waals surface area contributed by atoms with Crippen LogP contribution in [0, 0.1) is 32.6 Å². The van der Waals surface area contributed by atoms with Crippen LogP contribution in [-0.4, -0.2) is 16.9 Å². The number of hydrogen-bond donors (Lipinski definition) is 0. The van der Waals surface area contributed by atoms with E-state index in [0.29, 0.717) is 28.9 Å². The van der Waals surface area contributed by atoms with Crippen LogP contribution in [0.3, 0.4) is 0 Å². The molecule has 2 aliphatic heterocycles. The second kappa shape index (κ2) is 25.3. The molecule has 19 aromatic rings. The third-order valence-corrected chi connectivity index (χ3v) is 24.6. The van der Waals surface area contributed by atoms with E-state index in [4.69, 9.17) is 27.1 Å². The second-order valence-corrected chi connectivity index (χ2v) is 31.7. The molecular formula is C101H79N3O7. The molecule has 0 bridgehead atoms. The lowest BCUT2D eigenvalue weighted by atomic mass is 9.68. The molecule has 14 aromatic carbocycles. The van der Waals surface area contributed by atoms with Gasteiger partial charge in [0.1, 0.15) is 62.3 Å². The van der Waals surface area contributed by atoms with Crippen LogP contribution < -0.4 is 19.3 Å². The third kappa shape index (κ3) is 10.8. The van der Waals surface area contributed by atoms with Crippen molar-refractivity contribution in [3.05, 3.63) is 295 Å². The highest BCUT2D eigenvalue weighted by Crippen LogP contribution is 2.55. The Bertz CT molecular complexity index is 7080. The first-order valence-corrected chi connectivity index (χ1v) is 38.9. The average Bonchev–Trinajstić information content (AvgIpc) is 1.56. The normalized spacial score (nSPS) is 14.4. The average molecular weight is 1450 g/mol. The Morgan fingerprint density at radius 2 is 0.838 bits per heavy atom. The highest BCUT2D eigenvalue weighted by Gasteiger charge is 2.44. The van der Waals surface area contributed by atoms with Gasteiger partial charge in [-0.3, -0.25) is 0 Å². The quantitative estimate of drug-likeness (QED) is 0.0778. The van der Waals surface area contributed by atoms with Crippen molar-refractivity contribution >= 4 is 138 Å². The van der Waals surface area contributed by atoms with Crippen molar-refractivity contribution in [2.24, 2.45) is 11.8 Å². The molecule has 0 N–H and O–H groups in total. The van der Waals surface area contributed by atoms with E-state index in [1.165, 1.54) is 45.4 Å². The van der Waals surface area contributed by atoms with Crippen molar-refractivity contribution in [1.29, 1.82) is 0 Å². The Morgan fingerprint density at radius 1 is 0.414 bits per heavy atom. The fourth-order valence-electron chi connectivity index (χ4n) is 18.6. The van der Waals surface area contributed by atoms with Gasteiger partial charge >= 0.3 is 6.16 Å². The zero-order valence-corrected chi connectivity index (χ0v) is 63.2. The van der Waals surface area contributed by atoms with Gasteiger partial charge in [0.05, 0.1) is 22.4 Å². The zero-order chi connectivity index (χ0) is 74.8. The van der Waals surface area contributed by atoms with E-state index >= 15 is 0 Å². The molecule has 540 valence electrons. The first-order valence-electron chi connectivity index (χ1n) is 38.9. The Kier molecular flexibility index (Phi) is 15.1. The maximum Gasteiger partial charge on any atom is 0.519 e. The molecule has 0 radical (unpaired) electrons. The molecule has 5 aromatic heterocycles. The summed E-state index contributed by atoms with van der Waals surface area (Å²) < 4.78 is 40.5. The number of furan rings is 4. The van der Waals surface area contributed by atoms with Crippen molar-refractivity contribution < 1.29 is 31.9 Å². The van der Waals surface area contributed by atoms with Crippen LogP contribution in [-0.2, 0) is 11.8 Å². The number of hydrogen-bond acceptors (Lipinski definition) is 9. The summed E-state index contributed by atoms with van der Waals surface area (Å²) in [6.07, 6.45) is 3.44. The number of rotatable bonds is 14. The van der Waals surface area contributed by atoms with Crippen molar-refractivity contribution in [2.45, 2.75) is 92.7 Å². The van der Waals surface area contributed by atoms with Crippen LogP contribution in [0.25, 0.3) is 160 Å². The molecule has 3 atom stereocenters. The first-order chi connectivity index (χ1) is 54.1. The van der Waals surface area contributed by atoms with Gasteiger partial charge in [0.25, 0.3) is 0 Å². The first kappa shape index (κ1) is 66.2. The maximum atomic E-state index is 13.7. The maximum absolute atomic E-state index is 13.7. The largest absolute Gasteiger partial charge is 0.519 e. The molecular weight excluding hydrogens is 1370 g/mol. The van der Waals surface area contributed by atoms with Gasteiger partial charge in [-0.15, -0.1) is 0 Å². The van der Waals surface area contributed by atoms with E-state index in [1.807, 2.05) is 30.3 Å². The number of benzene rings is 14. The van der Waals surface area contributed by atoms with Crippen LogP contribution in [0.2, 0.25) is 0 Å². The molecule has 0 saturated heterocycles. The number of carbonyl (C=O) groups is 1. The summed E-state index contributed by atoms with van der Waals surface area (Å²) in [5.74, 6) is 1.96. The minimum absolute atomic E-state index is 0.0370. The zero-order valence-electron chi connectivity index (χ0n) is 63.2. The lowest BCUT2D eigenvalue weighted by molar-refractivity contribution is 0.152. The fraction of sp³-hybridized carbons (Fsp3) is 0.158. The molecule has 111 heavy (non-hydrogen) atoms. The number of aryl methyl sites for hydroxylation is 3. The molecule has 21 rings (SSSR count). The number of fused-ring (bicyclic) bond motifs is 20. The predicted octanol–water partition coefficient (Wildman–Crippen LogP) is 28.5. The van der Waals surface area contributed by atoms with Gasteiger partial charge in [0, 0.05) is 77.3 Å². The molecule has 0 spiro atoms. The summed E-state index contributed by atoms with van der Waals surface area (Å²) in [6.45, 7) is 18.4. The molecule has 10 nitrogen and oxygen atoms in total. The third-order valence-electron chi connectivity index (χ3n) is 24.6. The molecule has 3 unspecified atom stereocenters. The van der Waals surface area contributed by atoms with E-state index in [9.17, 15) is 4.79 Å². The van der Waals surface area contributed by atoms with Crippen LogP contribution in [0.15, 0.2) is 285 Å². The molecule has 0 fully saturated rings. The van der Waals surface area contributed by atoms with E-state index in [1.54, 1.807) is 6.07 Å². The Morgan fingerprint density at radius 3 is 1.37 bits per heavy atom. The molecule has 7 heterocycles. The molecule has 0 aliphatic carbocycles. The van der Waals surface area contributed by atoms with E-state index in [0.717, 1.165) is 185 Å². The van der Waals surface area contributed by atoms with Crippen molar-refractivity contribution in [2.75, 3.05) is 9.80 Å². The summed E-state index contributed by atoms with van der Waals surface area (Å²) in [5, 5.41) is 10.5. The smallest absolute Gasteiger partial charge is 0.456 e. The lowest BCUT2D eigenvalue weighted by Crippen LogP contribution is -2.36. The van der Waals surface area contributed by atoms with Crippen LogP contribution in [0.5, 0.6) is 11.5 Å². The fourth-order valence-corrected chi connectivity index (χ4v) is 18.6. The van der Waals surface area contributed by atoms with E-state index in [2.05, 4.69) is 300 Å². The van der Waals surface area contributed by atoms with Gasteiger partial charge < -0.3 is 41.5 Å². The number of anilines is 4. The van der Waals surface area contributed by atoms with Crippen molar-refractivity contribution in [3.8, 4) is 61.7 Å². The monoisotopic (exact) mass is 1450 g/mol. The summed E-state index contributed by atoms with van der Waals surface area (Å²) in [4.78, 5) is 18.6. The number of ether oxygens (including phenoxy) is 2. The minimum atomic E-state index is -0.821. The van der Waals surface area contributed by atoms with Crippen LogP contribution in [0.4, 0.5) is 27.5 Å². The summed E-state index contributed by atoms with van der Waals surface area (Å²) >= 11 is 0.